The molecule has 0 spiro atoms. The molecule has 0 atom stereocenters. The van der Waals surface area contributed by atoms with Crippen LogP contribution in [-0.4, -0.2) is 67.7 Å². The van der Waals surface area contributed by atoms with Gasteiger partial charge in [-0.1, -0.05) is 29.8 Å². The zero-order valence-corrected chi connectivity index (χ0v) is 20.1. The fourth-order valence-electron chi connectivity index (χ4n) is 4.25. The molecule has 0 aromatic heterocycles. The normalized spacial score (nSPS) is 19.9. The molecule has 158 valence electrons. The van der Waals surface area contributed by atoms with E-state index in [1.165, 1.54) is 37.1 Å². The molecule has 6 heteroatoms. The highest BCUT2D eigenvalue weighted by molar-refractivity contribution is 14.0. The summed E-state index contributed by atoms with van der Waals surface area (Å²) in [6, 6.07) is 8.77. The largest absolute Gasteiger partial charge is 0.381 e. The Bertz CT molecular complexity index is 607. The molecule has 0 amide bonds. The van der Waals surface area contributed by atoms with Crippen molar-refractivity contribution in [1.82, 2.24) is 15.1 Å². The Balaban J connectivity index is 0.00000280. The number of aryl methyl sites for hydroxylation is 1. The molecule has 0 saturated carbocycles. The number of likely N-dealkylation sites (tertiary alicyclic amines) is 1. The number of hydrogen-bond acceptors (Lipinski definition) is 3. The van der Waals surface area contributed by atoms with Crippen LogP contribution in [0.25, 0.3) is 0 Å². The van der Waals surface area contributed by atoms with Crippen LogP contribution in [0.1, 0.15) is 43.7 Å². The van der Waals surface area contributed by atoms with Gasteiger partial charge in [-0.25, -0.2) is 0 Å². The van der Waals surface area contributed by atoms with E-state index in [1.54, 1.807) is 0 Å². The zero-order valence-electron chi connectivity index (χ0n) is 17.7. The van der Waals surface area contributed by atoms with Crippen LogP contribution in [0.5, 0.6) is 0 Å². The zero-order chi connectivity index (χ0) is 19.1. The van der Waals surface area contributed by atoms with E-state index in [9.17, 15) is 0 Å². The lowest BCUT2D eigenvalue weighted by Gasteiger charge is -2.43. The molecule has 5 nitrogen and oxygen atoms in total. The van der Waals surface area contributed by atoms with Crippen molar-refractivity contribution in [3.63, 3.8) is 0 Å². The van der Waals surface area contributed by atoms with Crippen molar-refractivity contribution in [2.75, 3.05) is 46.4 Å². The first-order valence-corrected chi connectivity index (χ1v) is 10.5. The average molecular weight is 500 g/mol. The highest BCUT2D eigenvalue weighted by Crippen LogP contribution is 2.31. The molecule has 1 aromatic carbocycles. The maximum absolute atomic E-state index is 5.67. The van der Waals surface area contributed by atoms with Gasteiger partial charge in [-0.05, 0) is 58.2 Å². The highest BCUT2D eigenvalue weighted by atomic mass is 127. The minimum absolute atomic E-state index is 0. The van der Waals surface area contributed by atoms with E-state index in [2.05, 4.69) is 60.3 Å². The van der Waals surface area contributed by atoms with Crippen molar-refractivity contribution < 1.29 is 4.74 Å². The number of ether oxygens (including phenoxy) is 1. The molecule has 0 radical (unpaired) electrons. The van der Waals surface area contributed by atoms with Gasteiger partial charge in [0.1, 0.15) is 0 Å². The standard InChI is InChI=1S/C22H36N4O.HI/c1-4-23-21(25(3)17-20-9-7-19(2)8-10-20)24-18-22(11-15-27-16-12-22)26-13-5-6-14-26;/h7-10H,4-6,11-18H2,1-3H3,(H,23,24);1H. The fourth-order valence-corrected chi connectivity index (χ4v) is 4.25. The Morgan fingerprint density at radius 2 is 1.82 bits per heavy atom. The van der Waals surface area contributed by atoms with Gasteiger partial charge >= 0.3 is 0 Å². The maximum atomic E-state index is 5.67. The van der Waals surface area contributed by atoms with Crippen LogP contribution in [0.3, 0.4) is 0 Å². The summed E-state index contributed by atoms with van der Waals surface area (Å²) in [4.78, 5) is 10.0. The lowest BCUT2D eigenvalue weighted by Crippen LogP contribution is -2.54. The number of nitrogens with one attached hydrogen (secondary N) is 1. The van der Waals surface area contributed by atoms with Crippen LogP contribution in [0, 0.1) is 6.92 Å². The molecule has 0 aliphatic carbocycles. The van der Waals surface area contributed by atoms with Crippen LogP contribution < -0.4 is 5.32 Å². The van der Waals surface area contributed by atoms with Gasteiger partial charge in [-0.3, -0.25) is 9.89 Å². The molecule has 3 rings (SSSR count). The summed E-state index contributed by atoms with van der Waals surface area (Å²) < 4.78 is 5.67. The molecule has 1 aromatic rings. The third-order valence-corrected chi connectivity index (χ3v) is 5.96. The fraction of sp³-hybridized carbons (Fsp3) is 0.682. The van der Waals surface area contributed by atoms with Crippen molar-refractivity contribution in [1.29, 1.82) is 0 Å². The summed E-state index contributed by atoms with van der Waals surface area (Å²) in [5, 5.41) is 3.49. The quantitative estimate of drug-likeness (QED) is 0.368. The van der Waals surface area contributed by atoms with E-state index in [1.807, 2.05) is 0 Å². The molecule has 2 saturated heterocycles. The third kappa shape index (κ3) is 6.07. The van der Waals surface area contributed by atoms with Gasteiger partial charge < -0.3 is 15.0 Å². The summed E-state index contributed by atoms with van der Waals surface area (Å²) in [6.07, 6.45) is 4.83. The summed E-state index contributed by atoms with van der Waals surface area (Å²) in [7, 11) is 2.13. The molecule has 2 heterocycles. The first kappa shape index (κ1) is 23.4. The van der Waals surface area contributed by atoms with Crippen molar-refractivity contribution in [3.8, 4) is 0 Å². The Hall–Kier alpha value is -0.860. The Kier molecular flexibility index (Phi) is 9.50. The first-order chi connectivity index (χ1) is 13.1. The number of hydrogen-bond donors (Lipinski definition) is 1. The van der Waals surface area contributed by atoms with E-state index < -0.39 is 0 Å². The maximum Gasteiger partial charge on any atom is 0.194 e. The molecular weight excluding hydrogens is 463 g/mol. The predicted octanol–water partition coefficient (Wildman–Crippen LogP) is 3.66. The smallest absolute Gasteiger partial charge is 0.194 e. The van der Waals surface area contributed by atoms with Gasteiger partial charge in [0.05, 0.1) is 6.54 Å². The van der Waals surface area contributed by atoms with Crippen LogP contribution >= 0.6 is 24.0 Å². The molecular formula is C22H37IN4O. The second kappa shape index (κ2) is 11.4. The van der Waals surface area contributed by atoms with Crippen molar-refractivity contribution >= 4 is 29.9 Å². The molecule has 2 aliphatic heterocycles. The van der Waals surface area contributed by atoms with Gasteiger partial charge in [0, 0.05) is 38.9 Å². The van der Waals surface area contributed by atoms with Gasteiger partial charge in [0.15, 0.2) is 5.96 Å². The van der Waals surface area contributed by atoms with Crippen LogP contribution in [0.2, 0.25) is 0 Å². The van der Waals surface area contributed by atoms with Gasteiger partial charge in [-0.2, -0.15) is 0 Å². The Morgan fingerprint density at radius 1 is 1.18 bits per heavy atom. The number of rotatable bonds is 6. The summed E-state index contributed by atoms with van der Waals surface area (Å²) in [5.41, 5.74) is 2.79. The number of halogens is 1. The highest BCUT2D eigenvalue weighted by Gasteiger charge is 2.39. The molecule has 0 bridgehead atoms. The van der Waals surface area contributed by atoms with Crippen molar-refractivity contribution in [2.24, 2.45) is 4.99 Å². The minimum Gasteiger partial charge on any atom is -0.381 e. The van der Waals surface area contributed by atoms with Gasteiger partial charge in [-0.15, -0.1) is 24.0 Å². The van der Waals surface area contributed by atoms with Crippen LogP contribution in [-0.2, 0) is 11.3 Å². The molecule has 28 heavy (non-hydrogen) atoms. The molecule has 2 fully saturated rings. The third-order valence-electron chi connectivity index (χ3n) is 5.96. The Morgan fingerprint density at radius 3 is 2.43 bits per heavy atom. The number of guanidine groups is 1. The summed E-state index contributed by atoms with van der Waals surface area (Å²) in [5.74, 6) is 1.00. The van der Waals surface area contributed by atoms with Gasteiger partial charge in [0.2, 0.25) is 0 Å². The first-order valence-electron chi connectivity index (χ1n) is 10.5. The van der Waals surface area contributed by atoms with Crippen LogP contribution in [0.4, 0.5) is 0 Å². The van der Waals surface area contributed by atoms with Crippen molar-refractivity contribution in [3.05, 3.63) is 35.4 Å². The van der Waals surface area contributed by atoms with E-state index in [-0.39, 0.29) is 29.5 Å². The number of aliphatic imine (C=N–C) groups is 1. The van der Waals surface area contributed by atoms with E-state index in [4.69, 9.17) is 9.73 Å². The molecule has 2 aliphatic rings. The topological polar surface area (TPSA) is 40.1 Å². The Labute approximate surface area is 187 Å². The predicted molar refractivity (Wildman–Crippen MR) is 128 cm³/mol. The van der Waals surface area contributed by atoms with Crippen molar-refractivity contribution in [2.45, 2.75) is 51.6 Å². The average Bonchev–Trinajstić information content (AvgIpc) is 3.23. The minimum atomic E-state index is 0. The monoisotopic (exact) mass is 500 g/mol. The lowest BCUT2D eigenvalue weighted by molar-refractivity contribution is -0.0139. The number of nitrogens with zero attached hydrogens (tertiary/aromatic N) is 3. The second-order valence-electron chi connectivity index (χ2n) is 8.04. The number of benzene rings is 1. The lowest BCUT2D eigenvalue weighted by atomic mass is 9.88. The van der Waals surface area contributed by atoms with Gasteiger partial charge in [0.25, 0.3) is 0 Å². The van der Waals surface area contributed by atoms with E-state index >= 15 is 0 Å². The second-order valence-corrected chi connectivity index (χ2v) is 8.04. The SMILES string of the molecule is CCNC(=NCC1(N2CCCC2)CCOCC1)N(C)Cc1ccc(C)cc1.I. The van der Waals surface area contributed by atoms with Crippen LogP contribution in [0.15, 0.2) is 29.3 Å². The van der Waals surface area contributed by atoms with E-state index in [0.29, 0.717) is 0 Å². The molecule has 1 N–H and O–H groups in total. The van der Waals surface area contributed by atoms with E-state index in [0.717, 1.165) is 51.6 Å². The summed E-state index contributed by atoms with van der Waals surface area (Å²) in [6.45, 7) is 11.0. The summed E-state index contributed by atoms with van der Waals surface area (Å²) >= 11 is 0. The molecule has 0 unspecified atom stereocenters.